The Labute approximate surface area is 243 Å². The molecule has 0 spiro atoms. The molecule has 42 heavy (non-hydrogen) atoms. The molecule has 0 radical (unpaired) electrons. The summed E-state index contributed by atoms with van der Waals surface area (Å²) in [5, 5.41) is 20.2. The highest BCUT2D eigenvalue weighted by Gasteiger charge is 2.66. The number of nitrogens with one attached hydrogen (secondary N) is 1. The number of hydrogen-bond donors (Lipinski definition) is 5. The number of carbonyl (C=O) groups is 5. The lowest BCUT2D eigenvalue weighted by atomic mass is 9.97. The quantitative estimate of drug-likeness (QED) is 0.0583. The van der Waals surface area contributed by atoms with Gasteiger partial charge in [-0.1, -0.05) is 12.1 Å². The Morgan fingerprint density at radius 2 is 1.90 bits per heavy atom. The first-order valence-electron chi connectivity index (χ1n) is 12.1. The number of carboxylic acid groups (broad SMARTS) is 2. The number of amides is 2. The first kappa shape index (κ1) is 32.5. The van der Waals surface area contributed by atoms with Gasteiger partial charge < -0.3 is 34.9 Å². The Morgan fingerprint density at radius 1 is 1.24 bits per heavy atom. The fourth-order valence-corrected chi connectivity index (χ4v) is 5.83. The highest BCUT2D eigenvalue weighted by atomic mass is 32.3. The average Bonchev–Trinajstić information content (AvgIpc) is 2.92. The third-order valence-corrected chi connectivity index (χ3v) is 7.85. The van der Waals surface area contributed by atoms with Crippen LogP contribution in [0.1, 0.15) is 24.8 Å². The zero-order valence-corrected chi connectivity index (χ0v) is 23.6. The first-order chi connectivity index (χ1) is 19.7. The van der Waals surface area contributed by atoms with Crippen LogP contribution >= 0.6 is 11.8 Å². The van der Waals surface area contributed by atoms with Crippen LogP contribution in [0.2, 0.25) is 0 Å². The third-order valence-electron chi connectivity index (χ3n) is 6.08. The lowest BCUT2D eigenvalue weighted by Gasteiger charge is -2.55. The molecule has 1 aromatic rings. The van der Waals surface area contributed by atoms with Crippen molar-refractivity contribution in [3.8, 4) is 5.75 Å². The van der Waals surface area contributed by atoms with E-state index >= 15 is 0 Å². The van der Waals surface area contributed by atoms with Gasteiger partial charge in [0.2, 0.25) is 5.91 Å². The predicted octanol–water partition coefficient (Wildman–Crippen LogP) is -0.280. The van der Waals surface area contributed by atoms with Gasteiger partial charge in [-0.25, -0.2) is 9.59 Å². The molecular formula is C24H27N3O13S2. The Kier molecular flexibility index (Phi) is 10.3. The van der Waals surface area contributed by atoms with Crippen molar-refractivity contribution in [1.82, 2.24) is 10.2 Å². The van der Waals surface area contributed by atoms with E-state index in [1.54, 1.807) is 0 Å². The largest absolute Gasteiger partial charge is 0.480 e. The first-order valence-corrected chi connectivity index (χ1v) is 14.5. The molecule has 3 rings (SSSR count). The molecule has 18 heteroatoms. The zero-order chi connectivity index (χ0) is 31.2. The third kappa shape index (κ3) is 7.65. The number of methoxy groups -OCH3 is 1. The van der Waals surface area contributed by atoms with Crippen molar-refractivity contribution >= 4 is 58.0 Å². The van der Waals surface area contributed by atoms with Crippen LogP contribution in [0.25, 0.3) is 6.08 Å². The van der Waals surface area contributed by atoms with Crippen molar-refractivity contribution < 1.29 is 60.8 Å². The minimum absolute atomic E-state index is 0.0246. The highest BCUT2D eigenvalue weighted by Crippen LogP contribution is 2.46. The van der Waals surface area contributed by atoms with Crippen molar-refractivity contribution in [3.05, 3.63) is 47.2 Å². The van der Waals surface area contributed by atoms with Gasteiger partial charge in [0.1, 0.15) is 29.5 Å². The van der Waals surface area contributed by atoms with Gasteiger partial charge in [0.25, 0.3) is 11.6 Å². The van der Waals surface area contributed by atoms with Crippen molar-refractivity contribution in [2.24, 2.45) is 5.73 Å². The molecule has 6 N–H and O–H groups in total. The number of thioether (sulfide) groups is 1. The lowest BCUT2D eigenvalue weighted by molar-refractivity contribution is -0.192. The average molecular weight is 630 g/mol. The molecule has 0 bridgehead atoms. The van der Waals surface area contributed by atoms with E-state index in [9.17, 15) is 37.5 Å². The molecule has 0 saturated carbocycles. The number of fused-ring (bicyclic) bond motifs is 1. The molecule has 2 aliphatic heterocycles. The highest BCUT2D eigenvalue weighted by molar-refractivity contribution is 8.00. The predicted molar refractivity (Wildman–Crippen MR) is 144 cm³/mol. The van der Waals surface area contributed by atoms with Gasteiger partial charge in [-0.3, -0.25) is 23.8 Å². The second-order valence-electron chi connectivity index (χ2n) is 8.94. The van der Waals surface area contributed by atoms with Crippen LogP contribution in [0.5, 0.6) is 5.75 Å². The van der Waals surface area contributed by atoms with Crippen molar-refractivity contribution in [2.45, 2.75) is 36.4 Å². The molecule has 2 heterocycles. The Morgan fingerprint density at radius 3 is 2.48 bits per heavy atom. The van der Waals surface area contributed by atoms with Crippen LogP contribution in [-0.4, -0.2) is 94.4 Å². The molecule has 2 amide bonds. The van der Waals surface area contributed by atoms with Crippen molar-refractivity contribution in [3.63, 3.8) is 0 Å². The topological polar surface area (TPSA) is 249 Å². The monoisotopic (exact) mass is 629 g/mol. The van der Waals surface area contributed by atoms with Crippen LogP contribution in [0.15, 0.2) is 41.6 Å². The summed E-state index contributed by atoms with van der Waals surface area (Å²) in [7, 11) is -3.50. The van der Waals surface area contributed by atoms with Crippen LogP contribution in [0.4, 0.5) is 0 Å². The number of benzene rings is 1. The molecule has 0 aliphatic carbocycles. The maximum Gasteiger partial charge on any atom is 0.446 e. The molecule has 1 fully saturated rings. The van der Waals surface area contributed by atoms with E-state index in [4.69, 9.17) is 24.9 Å². The molecule has 1 saturated heterocycles. The molecule has 3 atom stereocenters. The lowest BCUT2D eigenvalue weighted by Crippen LogP contribution is -2.80. The summed E-state index contributed by atoms with van der Waals surface area (Å²) in [6.07, 6.45) is 2.40. The molecular weight excluding hydrogens is 602 g/mol. The van der Waals surface area contributed by atoms with E-state index in [0.717, 1.165) is 22.7 Å². The van der Waals surface area contributed by atoms with Crippen LogP contribution in [0.3, 0.4) is 0 Å². The maximum absolute atomic E-state index is 13.1. The van der Waals surface area contributed by atoms with E-state index in [1.165, 1.54) is 37.5 Å². The Balaban J connectivity index is 1.63. The molecule has 0 aromatic heterocycles. The van der Waals surface area contributed by atoms with E-state index in [1.807, 2.05) is 0 Å². The summed E-state index contributed by atoms with van der Waals surface area (Å²) in [6.45, 7) is -0.453. The number of nitrogens with two attached hydrogens (primary N) is 1. The number of rotatable bonds is 14. The van der Waals surface area contributed by atoms with Crippen LogP contribution in [0, 0.1) is 0 Å². The van der Waals surface area contributed by atoms with Crippen LogP contribution in [-0.2, 0) is 43.8 Å². The van der Waals surface area contributed by atoms with Gasteiger partial charge in [-0.15, -0.1) is 11.8 Å². The maximum atomic E-state index is 13.1. The fourth-order valence-electron chi connectivity index (χ4n) is 4.06. The van der Waals surface area contributed by atoms with Gasteiger partial charge in [0, 0.05) is 30.9 Å². The van der Waals surface area contributed by atoms with E-state index in [-0.39, 0.29) is 36.3 Å². The van der Waals surface area contributed by atoms with Gasteiger partial charge in [-0.2, -0.15) is 8.42 Å². The minimum atomic E-state index is -4.68. The summed E-state index contributed by atoms with van der Waals surface area (Å²) in [4.78, 5) is 61.7. The molecule has 228 valence electrons. The second kappa shape index (κ2) is 13.3. The number of carbonyl (C=O) groups excluding carboxylic acids is 3. The summed E-state index contributed by atoms with van der Waals surface area (Å²) >= 11 is 1.08. The standard InChI is InChI=1S/C24H27N3O13S2/c1-38-24(26-17(28)4-2-3-16(25)20(30)31)22(34)27-19(21(32)33)14(12-41-23(24)27)11-39-18(29)10-7-13-5-8-15(9-6-13)40-42(35,36)37/h5-10,16,23H,2-4,11-12,25H2,1H3,(H,26,28)(H,30,31)(H,32,33)(H,35,36,37)/t16-,23+,24+/m1/s1. The number of ether oxygens (including phenoxy) is 2. The van der Waals surface area contributed by atoms with Gasteiger partial charge in [-0.05, 0) is 36.6 Å². The molecule has 16 nitrogen and oxygen atoms in total. The molecule has 2 aliphatic rings. The van der Waals surface area contributed by atoms with Gasteiger partial charge >= 0.3 is 28.3 Å². The number of hydrogen-bond acceptors (Lipinski definition) is 12. The molecule has 0 unspecified atom stereocenters. The van der Waals surface area contributed by atoms with Crippen LogP contribution < -0.4 is 15.2 Å². The van der Waals surface area contributed by atoms with Gasteiger partial charge in [0.05, 0.1) is 0 Å². The van der Waals surface area contributed by atoms with E-state index in [2.05, 4.69) is 9.50 Å². The summed E-state index contributed by atoms with van der Waals surface area (Å²) in [6, 6.07) is 4.13. The fraction of sp³-hybridized carbons (Fsp3) is 0.375. The van der Waals surface area contributed by atoms with E-state index in [0.29, 0.717) is 5.56 Å². The summed E-state index contributed by atoms with van der Waals surface area (Å²) < 4.78 is 44.9. The normalized spacial score (nSPS) is 20.9. The number of aliphatic carboxylic acids is 2. The Bertz CT molecular complexity index is 1430. The van der Waals surface area contributed by atoms with Crippen molar-refractivity contribution in [1.29, 1.82) is 0 Å². The number of nitrogens with zero attached hydrogens (tertiary/aromatic N) is 1. The number of β-lactam (4-membered cyclic amide) rings is 1. The van der Waals surface area contributed by atoms with E-state index < -0.39 is 69.6 Å². The van der Waals surface area contributed by atoms with Crippen molar-refractivity contribution in [2.75, 3.05) is 19.5 Å². The Hall–Kier alpha value is -3.97. The zero-order valence-electron chi connectivity index (χ0n) is 21.9. The smallest absolute Gasteiger partial charge is 0.446 e. The number of esters is 1. The summed E-state index contributed by atoms with van der Waals surface area (Å²) in [5.74, 6) is -5.10. The minimum Gasteiger partial charge on any atom is -0.480 e. The summed E-state index contributed by atoms with van der Waals surface area (Å²) in [5.41, 5.74) is 3.75. The second-order valence-corrected chi connectivity index (χ2v) is 11.0. The SMILES string of the molecule is CO[C@@]1(NC(=O)CCC[C@@H](N)C(=O)O)C(=O)N2C(C(=O)O)=C(COC(=O)C=Cc3ccc(OS(=O)(=O)O)cc3)CS[C@H]21. The van der Waals surface area contributed by atoms with Gasteiger partial charge in [0.15, 0.2) is 0 Å². The molecule has 1 aromatic carbocycles. The number of carboxylic acids is 2.